The first-order valence-electron chi connectivity index (χ1n) is 5.70. The second-order valence-corrected chi connectivity index (χ2v) is 5.13. The molecule has 96 valence electrons. The standard InChI is InChI=1S/C13H21ClN2O/c1-13(2,15-3)9-16-8-10-7-11(14)5-6-12(10)17-4/h5-7,15-16H,8-9H2,1-4H3. The molecular formula is C13H21ClN2O. The van der Waals surface area contributed by atoms with Gasteiger partial charge in [0.15, 0.2) is 0 Å². The minimum atomic E-state index is 0.0752. The van der Waals surface area contributed by atoms with E-state index in [-0.39, 0.29) is 5.54 Å². The molecule has 0 atom stereocenters. The van der Waals surface area contributed by atoms with Crippen LogP contribution in [0.15, 0.2) is 18.2 Å². The Balaban J connectivity index is 2.59. The van der Waals surface area contributed by atoms with Gasteiger partial charge in [0.1, 0.15) is 5.75 Å². The number of halogens is 1. The molecule has 1 aromatic rings. The van der Waals surface area contributed by atoms with Crippen LogP contribution in [0.25, 0.3) is 0 Å². The molecule has 0 saturated heterocycles. The number of likely N-dealkylation sites (N-methyl/N-ethyl adjacent to an activating group) is 1. The van der Waals surface area contributed by atoms with E-state index in [0.29, 0.717) is 0 Å². The van der Waals surface area contributed by atoms with Crippen LogP contribution in [0.3, 0.4) is 0 Å². The second kappa shape index (κ2) is 6.24. The summed E-state index contributed by atoms with van der Waals surface area (Å²) in [5, 5.41) is 7.37. The van der Waals surface area contributed by atoms with Gasteiger partial charge < -0.3 is 15.4 Å². The van der Waals surface area contributed by atoms with Crippen molar-refractivity contribution in [1.29, 1.82) is 0 Å². The lowest BCUT2D eigenvalue weighted by Gasteiger charge is -2.24. The molecule has 0 saturated carbocycles. The molecule has 0 aromatic heterocycles. The number of hydrogen-bond donors (Lipinski definition) is 2. The van der Waals surface area contributed by atoms with Crippen LogP contribution in [0.1, 0.15) is 19.4 Å². The highest BCUT2D eigenvalue weighted by Gasteiger charge is 2.13. The molecular weight excluding hydrogens is 236 g/mol. The first-order chi connectivity index (χ1) is 7.98. The molecule has 0 heterocycles. The van der Waals surface area contributed by atoms with E-state index >= 15 is 0 Å². The molecule has 17 heavy (non-hydrogen) atoms. The molecule has 0 aliphatic rings. The van der Waals surface area contributed by atoms with Gasteiger partial charge in [0.2, 0.25) is 0 Å². The zero-order valence-electron chi connectivity index (χ0n) is 10.9. The van der Waals surface area contributed by atoms with Gasteiger partial charge in [-0.15, -0.1) is 0 Å². The molecule has 0 fully saturated rings. The number of nitrogens with one attached hydrogen (secondary N) is 2. The summed E-state index contributed by atoms with van der Waals surface area (Å²) in [4.78, 5) is 0. The van der Waals surface area contributed by atoms with Gasteiger partial charge in [-0.05, 0) is 39.1 Å². The summed E-state index contributed by atoms with van der Waals surface area (Å²) in [6.45, 7) is 5.92. The van der Waals surface area contributed by atoms with Gasteiger partial charge in [-0.3, -0.25) is 0 Å². The number of rotatable bonds is 6. The Morgan fingerprint density at radius 3 is 2.65 bits per heavy atom. The van der Waals surface area contributed by atoms with Gasteiger partial charge in [-0.1, -0.05) is 11.6 Å². The molecule has 2 N–H and O–H groups in total. The summed E-state index contributed by atoms with van der Waals surface area (Å²) in [5.41, 5.74) is 1.15. The minimum absolute atomic E-state index is 0.0752. The van der Waals surface area contributed by atoms with E-state index in [9.17, 15) is 0 Å². The van der Waals surface area contributed by atoms with Crippen molar-refractivity contribution in [2.45, 2.75) is 25.9 Å². The van der Waals surface area contributed by atoms with Crippen LogP contribution in [0.4, 0.5) is 0 Å². The Labute approximate surface area is 109 Å². The number of benzene rings is 1. The maximum absolute atomic E-state index is 5.97. The first-order valence-corrected chi connectivity index (χ1v) is 6.08. The van der Waals surface area contributed by atoms with Crippen molar-refractivity contribution >= 4 is 11.6 Å². The quantitative estimate of drug-likeness (QED) is 0.820. The Kier molecular flexibility index (Phi) is 5.25. The average molecular weight is 257 g/mol. The average Bonchev–Trinajstić information content (AvgIpc) is 2.29. The number of ether oxygens (including phenoxy) is 1. The van der Waals surface area contributed by atoms with E-state index in [1.807, 2.05) is 25.2 Å². The molecule has 1 rings (SSSR count). The Morgan fingerprint density at radius 2 is 2.06 bits per heavy atom. The summed E-state index contributed by atoms with van der Waals surface area (Å²) in [6.07, 6.45) is 0. The third-order valence-electron chi connectivity index (χ3n) is 2.80. The first kappa shape index (κ1) is 14.3. The molecule has 4 heteroatoms. The number of methoxy groups -OCH3 is 1. The fraction of sp³-hybridized carbons (Fsp3) is 0.538. The van der Waals surface area contributed by atoms with E-state index < -0.39 is 0 Å². The molecule has 0 aliphatic carbocycles. The molecule has 0 bridgehead atoms. The van der Waals surface area contributed by atoms with E-state index in [1.54, 1.807) is 7.11 Å². The van der Waals surface area contributed by atoms with E-state index in [0.717, 1.165) is 29.4 Å². The van der Waals surface area contributed by atoms with E-state index in [1.165, 1.54) is 0 Å². The summed E-state index contributed by atoms with van der Waals surface area (Å²) < 4.78 is 5.30. The van der Waals surface area contributed by atoms with Crippen LogP contribution >= 0.6 is 11.6 Å². The summed E-state index contributed by atoms with van der Waals surface area (Å²) >= 11 is 5.97. The van der Waals surface area contributed by atoms with Gasteiger partial charge in [0.25, 0.3) is 0 Å². The molecule has 0 aliphatic heterocycles. The summed E-state index contributed by atoms with van der Waals surface area (Å²) in [7, 11) is 3.63. The van der Waals surface area contributed by atoms with Crippen LogP contribution in [-0.2, 0) is 6.54 Å². The van der Waals surface area contributed by atoms with Crippen molar-refractivity contribution in [3.05, 3.63) is 28.8 Å². The number of hydrogen-bond acceptors (Lipinski definition) is 3. The van der Waals surface area contributed by atoms with Crippen LogP contribution in [0, 0.1) is 0 Å². The molecule has 1 aromatic carbocycles. The van der Waals surface area contributed by atoms with Gasteiger partial charge in [0.05, 0.1) is 7.11 Å². The third kappa shape index (κ3) is 4.54. The Bertz CT molecular complexity index is 366. The highest BCUT2D eigenvalue weighted by atomic mass is 35.5. The topological polar surface area (TPSA) is 33.3 Å². The maximum Gasteiger partial charge on any atom is 0.123 e. The van der Waals surface area contributed by atoms with Crippen molar-refractivity contribution < 1.29 is 4.74 Å². The molecule has 0 unspecified atom stereocenters. The van der Waals surface area contributed by atoms with Gasteiger partial charge >= 0.3 is 0 Å². The fourth-order valence-corrected chi connectivity index (χ4v) is 1.68. The highest BCUT2D eigenvalue weighted by molar-refractivity contribution is 6.30. The molecule has 3 nitrogen and oxygen atoms in total. The maximum atomic E-state index is 5.97. The third-order valence-corrected chi connectivity index (χ3v) is 3.04. The van der Waals surface area contributed by atoms with E-state index in [2.05, 4.69) is 24.5 Å². The van der Waals surface area contributed by atoms with Gasteiger partial charge in [0, 0.05) is 29.2 Å². The smallest absolute Gasteiger partial charge is 0.123 e. The largest absolute Gasteiger partial charge is 0.496 e. The molecule has 0 radical (unpaired) electrons. The van der Waals surface area contributed by atoms with Crippen molar-refractivity contribution in [2.24, 2.45) is 0 Å². The lowest BCUT2D eigenvalue weighted by atomic mass is 10.1. The molecule has 0 amide bonds. The predicted octanol–water partition coefficient (Wildman–Crippen LogP) is 2.44. The summed E-state index contributed by atoms with van der Waals surface area (Å²) in [6, 6.07) is 5.66. The molecule has 0 spiro atoms. The van der Waals surface area contributed by atoms with E-state index in [4.69, 9.17) is 16.3 Å². The second-order valence-electron chi connectivity index (χ2n) is 4.69. The van der Waals surface area contributed by atoms with Crippen molar-refractivity contribution in [3.8, 4) is 5.75 Å². The predicted molar refractivity (Wildman–Crippen MR) is 72.8 cm³/mol. The Hall–Kier alpha value is -0.770. The van der Waals surface area contributed by atoms with Gasteiger partial charge in [-0.25, -0.2) is 0 Å². The van der Waals surface area contributed by atoms with Crippen molar-refractivity contribution in [2.75, 3.05) is 20.7 Å². The van der Waals surface area contributed by atoms with Crippen LogP contribution in [0.5, 0.6) is 5.75 Å². The zero-order chi connectivity index (χ0) is 12.9. The minimum Gasteiger partial charge on any atom is -0.496 e. The summed E-state index contributed by atoms with van der Waals surface area (Å²) in [5.74, 6) is 0.865. The van der Waals surface area contributed by atoms with Crippen LogP contribution in [0.2, 0.25) is 5.02 Å². The zero-order valence-corrected chi connectivity index (χ0v) is 11.7. The lowest BCUT2D eigenvalue weighted by molar-refractivity contribution is 0.384. The Morgan fingerprint density at radius 1 is 1.35 bits per heavy atom. The van der Waals surface area contributed by atoms with Crippen LogP contribution in [-0.4, -0.2) is 26.2 Å². The monoisotopic (exact) mass is 256 g/mol. The normalized spacial score (nSPS) is 11.6. The van der Waals surface area contributed by atoms with Crippen LogP contribution < -0.4 is 15.4 Å². The SMILES string of the molecule is CNC(C)(C)CNCc1cc(Cl)ccc1OC. The fourth-order valence-electron chi connectivity index (χ4n) is 1.48. The van der Waals surface area contributed by atoms with Crippen molar-refractivity contribution in [1.82, 2.24) is 10.6 Å². The highest BCUT2D eigenvalue weighted by Crippen LogP contribution is 2.22. The van der Waals surface area contributed by atoms with Crippen molar-refractivity contribution in [3.63, 3.8) is 0 Å². The lowest BCUT2D eigenvalue weighted by Crippen LogP contribution is -2.45. The van der Waals surface area contributed by atoms with Gasteiger partial charge in [-0.2, -0.15) is 0 Å².